The molecule has 0 saturated heterocycles. The number of methoxy groups -OCH3 is 1. The van der Waals surface area contributed by atoms with Gasteiger partial charge in [-0.25, -0.2) is 14.6 Å². The number of rotatable bonds is 4. The third-order valence-electron chi connectivity index (χ3n) is 1.56. The van der Waals surface area contributed by atoms with E-state index in [0.717, 1.165) is 0 Å². The number of hydrogen-bond donors (Lipinski definition) is 2. The zero-order valence-electron chi connectivity index (χ0n) is 8.02. The quantitative estimate of drug-likeness (QED) is 0.796. The van der Waals surface area contributed by atoms with Gasteiger partial charge in [0.2, 0.25) is 0 Å². The van der Waals surface area contributed by atoms with Crippen molar-refractivity contribution in [3.63, 3.8) is 0 Å². The van der Waals surface area contributed by atoms with Crippen molar-refractivity contribution in [3.8, 4) is 0 Å². The molecule has 1 aromatic heterocycles. The fourth-order valence-electron chi connectivity index (χ4n) is 0.868. The van der Waals surface area contributed by atoms with Crippen molar-refractivity contribution in [1.82, 2.24) is 10.3 Å². The number of carboxylic acids is 1. The van der Waals surface area contributed by atoms with E-state index >= 15 is 0 Å². The molecule has 6 nitrogen and oxygen atoms in total. The molecule has 1 rings (SSSR count). The highest BCUT2D eigenvalue weighted by Gasteiger charge is 2.08. The van der Waals surface area contributed by atoms with Crippen LogP contribution in [0, 0.1) is 0 Å². The molecule has 0 radical (unpaired) electrons. The maximum absolute atomic E-state index is 10.7. The Balaban J connectivity index is 2.38. The second-order valence-electron chi connectivity index (χ2n) is 2.60. The molecule has 0 aliphatic carbocycles. The number of carbonyl (C=O) groups excluding carboxylic acids is 1. The van der Waals surface area contributed by atoms with E-state index in [2.05, 4.69) is 15.0 Å². The van der Waals surface area contributed by atoms with Gasteiger partial charge in [0.25, 0.3) is 0 Å². The van der Waals surface area contributed by atoms with Crippen LogP contribution in [0.15, 0.2) is 5.38 Å². The van der Waals surface area contributed by atoms with Gasteiger partial charge in [0.1, 0.15) is 0 Å². The summed E-state index contributed by atoms with van der Waals surface area (Å²) in [5.74, 6) is -1.04. The predicted octanol–water partition coefficient (Wildman–Crippen LogP) is 0.740. The molecular formula is C8H10N2O4S. The monoisotopic (exact) mass is 230 g/mol. The summed E-state index contributed by atoms with van der Waals surface area (Å²) in [7, 11) is 1.28. The summed E-state index contributed by atoms with van der Waals surface area (Å²) in [6.45, 7) is 0.374. The fourth-order valence-corrected chi connectivity index (χ4v) is 1.64. The van der Waals surface area contributed by atoms with Gasteiger partial charge in [-0.3, -0.25) is 0 Å². The van der Waals surface area contributed by atoms with Gasteiger partial charge in [-0.15, -0.1) is 11.3 Å². The lowest BCUT2D eigenvalue weighted by molar-refractivity contribution is 0.0691. The zero-order chi connectivity index (χ0) is 11.3. The first-order chi connectivity index (χ1) is 7.13. The molecule has 1 amide bonds. The second-order valence-corrected chi connectivity index (χ2v) is 3.54. The molecule has 0 atom stereocenters. The molecule has 0 aromatic carbocycles. The highest BCUT2D eigenvalue weighted by molar-refractivity contribution is 7.09. The van der Waals surface area contributed by atoms with Crippen LogP contribution in [-0.4, -0.2) is 35.8 Å². The Bertz CT molecular complexity index is 363. The van der Waals surface area contributed by atoms with Gasteiger partial charge in [-0.2, -0.15) is 0 Å². The molecule has 0 fully saturated rings. The highest BCUT2D eigenvalue weighted by atomic mass is 32.1. The van der Waals surface area contributed by atoms with E-state index in [1.807, 2.05) is 0 Å². The number of alkyl carbamates (subject to hydrolysis) is 1. The van der Waals surface area contributed by atoms with Crippen molar-refractivity contribution >= 4 is 23.4 Å². The number of carboxylic acid groups (broad SMARTS) is 1. The Morgan fingerprint density at radius 3 is 2.93 bits per heavy atom. The second kappa shape index (κ2) is 5.30. The van der Waals surface area contributed by atoms with Crippen molar-refractivity contribution in [2.75, 3.05) is 13.7 Å². The SMILES string of the molecule is COC(=O)NCCc1nc(C(=O)O)cs1. The summed E-state index contributed by atoms with van der Waals surface area (Å²) in [6, 6.07) is 0. The summed E-state index contributed by atoms with van der Waals surface area (Å²) in [5, 5.41) is 13.2. The first-order valence-electron chi connectivity index (χ1n) is 4.13. The molecular weight excluding hydrogens is 220 g/mol. The van der Waals surface area contributed by atoms with Crippen LogP contribution in [0.25, 0.3) is 0 Å². The molecule has 0 aliphatic rings. The Kier molecular flexibility index (Phi) is 4.04. The molecule has 0 aliphatic heterocycles. The third-order valence-corrected chi connectivity index (χ3v) is 2.47. The van der Waals surface area contributed by atoms with Crippen LogP contribution < -0.4 is 5.32 Å². The Hall–Kier alpha value is -1.63. The van der Waals surface area contributed by atoms with E-state index in [-0.39, 0.29) is 5.69 Å². The smallest absolute Gasteiger partial charge is 0.406 e. The maximum Gasteiger partial charge on any atom is 0.406 e. The lowest BCUT2D eigenvalue weighted by atomic mass is 10.4. The zero-order valence-corrected chi connectivity index (χ0v) is 8.84. The van der Waals surface area contributed by atoms with E-state index in [9.17, 15) is 9.59 Å². The van der Waals surface area contributed by atoms with Crippen molar-refractivity contribution in [2.24, 2.45) is 0 Å². The van der Waals surface area contributed by atoms with Crippen molar-refractivity contribution in [3.05, 3.63) is 16.1 Å². The minimum atomic E-state index is -1.04. The first-order valence-corrected chi connectivity index (χ1v) is 5.01. The highest BCUT2D eigenvalue weighted by Crippen LogP contribution is 2.09. The minimum absolute atomic E-state index is 0.0352. The average molecular weight is 230 g/mol. The van der Waals surface area contributed by atoms with Crippen molar-refractivity contribution in [2.45, 2.75) is 6.42 Å². The van der Waals surface area contributed by atoms with Gasteiger partial charge < -0.3 is 15.2 Å². The molecule has 1 heterocycles. The van der Waals surface area contributed by atoms with Crippen LogP contribution in [0.3, 0.4) is 0 Å². The van der Waals surface area contributed by atoms with Gasteiger partial charge in [0.15, 0.2) is 5.69 Å². The summed E-state index contributed by atoms with van der Waals surface area (Å²) >= 11 is 1.25. The lowest BCUT2D eigenvalue weighted by Crippen LogP contribution is -2.25. The number of amides is 1. The molecule has 1 aromatic rings. The van der Waals surface area contributed by atoms with Crippen LogP contribution in [0.4, 0.5) is 4.79 Å². The van der Waals surface area contributed by atoms with Gasteiger partial charge in [-0.1, -0.05) is 0 Å². The van der Waals surface area contributed by atoms with Crippen LogP contribution in [0.1, 0.15) is 15.5 Å². The minimum Gasteiger partial charge on any atom is -0.476 e. The van der Waals surface area contributed by atoms with Crippen LogP contribution >= 0.6 is 11.3 Å². The molecule has 0 bridgehead atoms. The Morgan fingerprint density at radius 2 is 2.40 bits per heavy atom. The molecule has 82 valence electrons. The van der Waals surface area contributed by atoms with E-state index in [1.165, 1.54) is 23.8 Å². The van der Waals surface area contributed by atoms with Gasteiger partial charge >= 0.3 is 12.1 Å². The molecule has 7 heteroatoms. The normalized spacial score (nSPS) is 9.67. The number of hydrogen-bond acceptors (Lipinski definition) is 5. The standard InChI is InChI=1S/C8H10N2O4S/c1-14-8(13)9-3-2-6-10-5(4-15-6)7(11)12/h4H,2-3H2,1H3,(H,9,13)(H,11,12). The van der Waals surface area contributed by atoms with Crippen LogP contribution in [-0.2, 0) is 11.2 Å². The Morgan fingerprint density at radius 1 is 1.67 bits per heavy atom. The number of aromatic nitrogens is 1. The molecule has 0 unspecified atom stereocenters. The number of ether oxygens (including phenoxy) is 1. The topological polar surface area (TPSA) is 88.5 Å². The summed E-state index contributed by atoms with van der Waals surface area (Å²) in [4.78, 5) is 25.0. The number of aromatic carboxylic acids is 1. The van der Waals surface area contributed by atoms with Gasteiger partial charge in [0.05, 0.1) is 12.1 Å². The summed E-state index contributed by atoms with van der Waals surface area (Å²) in [6.07, 6.45) is -0.0161. The van der Waals surface area contributed by atoms with Gasteiger partial charge in [-0.05, 0) is 0 Å². The lowest BCUT2D eigenvalue weighted by Gasteiger charge is -2.00. The summed E-state index contributed by atoms with van der Waals surface area (Å²) in [5.41, 5.74) is 0.0352. The predicted molar refractivity (Wildman–Crippen MR) is 53.2 cm³/mol. The van der Waals surface area contributed by atoms with E-state index in [0.29, 0.717) is 18.0 Å². The van der Waals surface area contributed by atoms with Gasteiger partial charge in [0, 0.05) is 18.3 Å². The van der Waals surface area contributed by atoms with E-state index in [4.69, 9.17) is 5.11 Å². The Labute approximate surface area is 89.9 Å². The van der Waals surface area contributed by atoms with E-state index in [1.54, 1.807) is 0 Å². The van der Waals surface area contributed by atoms with Crippen LogP contribution in [0.5, 0.6) is 0 Å². The van der Waals surface area contributed by atoms with Crippen molar-refractivity contribution < 1.29 is 19.4 Å². The molecule has 15 heavy (non-hydrogen) atoms. The maximum atomic E-state index is 10.7. The number of nitrogens with zero attached hydrogens (tertiary/aromatic N) is 1. The number of nitrogens with one attached hydrogen (secondary N) is 1. The van der Waals surface area contributed by atoms with Crippen molar-refractivity contribution in [1.29, 1.82) is 0 Å². The number of carbonyl (C=O) groups is 2. The molecule has 0 saturated carbocycles. The largest absolute Gasteiger partial charge is 0.476 e. The first kappa shape index (κ1) is 11.4. The van der Waals surface area contributed by atoms with Crippen LogP contribution in [0.2, 0.25) is 0 Å². The van der Waals surface area contributed by atoms with E-state index < -0.39 is 12.1 Å². The molecule has 0 spiro atoms. The average Bonchev–Trinajstić information content (AvgIpc) is 2.66. The fraction of sp³-hybridized carbons (Fsp3) is 0.375. The third kappa shape index (κ3) is 3.55. The number of thiazole rings is 1. The summed E-state index contributed by atoms with van der Waals surface area (Å²) < 4.78 is 4.37. The molecule has 2 N–H and O–H groups in total.